The smallest absolute Gasteiger partial charge is 0.268 e. The van der Waals surface area contributed by atoms with E-state index in [9.17, 15) is 8.42 Å². The SMILES string of the molecule is CCOc1ccc(OCCS(=O)(=O)O)c(N)c1. The first-order valence-electron chi connectivity index (χ1n) is 5.02. The molecule has 0 fully saturated rings. The van der Waals surface area contributed by atoms with Crippen molar-refractivity contribution >= 4 is 15.8 Å². The second kappa shape index (κ2) is 5.74. The highest BCUT2D eigenvalue weighted by molar-refractivity contribution is 7.85. The van der Waals surface area contributed by atoms with E-state index in [0.717, 1.165) is 0 Å². The third kappa shape index (κ3) is 4.92. The first kappa shape index (κ1) is 13.6. The summed E-state index contributed by atoms with van der Waals surface area (Å²) in [6.07, 6.45) is 0. The van der Waals surface area contributed by atoms with Gasteiger partial charge in [-0.1, -0.05) is 0 Å². The molecule has 7 heteroatoms. The van der Waals surface area contributed by atoms with Crippen LogP contribution in [0.2, 0.25) is 0 Å². The molecule has 0 heterocycles. The molecule has 96 valence electrons. The van der Waals surface area contributed by atoms with E-state index in [2.05, 4.69) is 0 Å². The second-order valence-corrected chi connectivity index (χ2v) is 4.84. The van der Waals surface area contributed by atoms with Crippen LogP contribution in [0.5, 0.6) is 11.5 Å². The molecule has 0 amide bonds. The molecule has 0 saturated heterocycles. The summed E-state index contributed by atoms with van der Waals surface area (Å²) in [5.41, 5.74) is 6.04. The van der Waals surface area contributed by atoms with Crippen molar-refractivity contribution < 1.29 is 22.4 Å². The first-order chi connectivity index (χ1) is 7.92. The Kier molecular flexibility index (Phi) is 4.59. The summed E-state index contributed by atoms with van der Waals surface area (Å²) in [5.74, 6) is 0.504. The van der Waals surface area contributed by atoms with Crippen LogP contribution in [0.25, 0.3) is 0 Å². The molecule has 0 unspecified atom stereocenters. The average molecular weight is 261 g/mol. The molecule has 0 saturated carbocycles. The predicted molar refractivity (Wildman–Crippen MR) is 63.9 cm³/mol. The highest BCUT2D eigenvalue weighted by atomic mass is 32.2. The van der Waals surface area contributed by atoms with Gasteiger partial charge in [-0.05, 0) is 19.1 Å². The molecule has 0 aliphatic carbocycles. The van der Waals surface area contributed by atoms with Gasteiger partial charge in [-0.15, -0.1) is 0 Å². The lowest BCUT2D eigenvalue weighted by Crippen LogP contribution is -2.13. The van der Waals surface area contributed by atoms with Gasteiger partial charge in [-0.2, -0.15) is 8.42 Å². The highest BCUT2D eigenvalue weighted by Gasteiger charge is 2.07. The van der Waals surface area contributed by atoms with Crippen molar-refractivity contribution in [3.63, 3.8) is 0 Å². The van der Waals surface area contributed by atoms with Crippen molar-refractivity contribution in [2.75, 3.05) is 24.7 Å². The molecule has 1 rings (SSSR count). The molecule has 1 aromatic carbocycles. The largest absolute Gasteiger partial charge is 0.494 e. The number of rotatable bonds is 6. The van der Waals surface area contributed by atoms with Crippen molar-refractivity contribution in [1.82, 2.24) is 0 Å². The summed E-state index contributed by atoms with van der Waals surface area (Å²) in [4.78, 5) is 0. The molecule has 6 nitrogen and oxygen atoms in total. The van der Waals surface area contributed by atoms with Crippen LogP contribution < -0.4 is 15.2 Å². The zero-order chi connectivity index (χ0) is 12.9. The monoisotopic (exact) mass is 261 g/mol. The van der Waals surface area contributed by atoms with Gasteiger partial charge in [0, 0.05) is 6.07 Å². The van der Waals surface area contributed by atoms with Gasteiger partial charge < -0.3 is 15.2 Å². The average Bonchev–Trinajstić information content (AvgIpc) is 2.20. The van der Waals surface area contributed by atoms with Crippen molar-refractivity contribution in [3.8, 4) is 11.5 Å². The summed E-state index contributed by atoms with van der Waals surface area (Å²) in [5, 5.41) is 0. The minimum atomic E-state index is -4.01. The van der Waals surface area contributed by atoms with Crippen molar-refractivity contribution in [2.45, 2.75) is 6.92 Å². The molecule has 0 radical (unpaired) electrons. The first-order valence-corrected chi connectivity index (χ1v) is 6.63. The normalized spacial score (nSPS) is 11.2. The minimum Gasteiger partial charge on any atom is -0.494 e. The summed E-state index contributed by atoms with van der Waals surface area (Å²) in [7, 11) is -4.01. The van der Waals surface area contributed by atoms with Crippen molar-refractivity contribution in [2.24, 2.45) is 0 Å². The van der Waals surface area contributed by atoms with Gasteiger partial charge in [-0.25, -0.2) is 0 Å². The third-order valence-electron chi connectivity index (χ3n) is 1.89. The molecule has 1 aromatic rings. The zero-order valence-electron chi connectivity index (χ0n) is 9.42. The van der Waals surface area contributed by atoms with Crippen LogP contribution in [-0.4, -0.2) is 31.9 Å². The van der Waals surface area contributed by atoms with Gasteiger partial charge in [-0.3, -0.25) is 4.55 Å². The molecule has 0 aliphatic heterocycles. The standard InChI is InChI=1S/C10H15NO5S/c1-2-15-8-3-4-10(9(11)7-8)16-5-6-17(12,13)14/h3-4,7H,2,5-6,11H2,1H3,(H,12,13,14). The Balaban J connectivity index is 2.60. The lowest BCUT2D eigenvalue weighted by Gasteiger charge is -2.10. The molecule has 0 atom stereocenters. The van der Waals surface area contributed by atoms with Gasteiger partial charge in [0.2, 0.25) is 0 Å². The molecule has 17 heavy (non-hydrogen) atoms. The van der Waals surface area contributed by atoms with E-state index in [0.29, 0.717) is 23.8 Å². The minimum absolute atomic E-state index is 0.156. The topological polar surface area (TPSA) is 98.8 Å². The highest BCUT2D eigenvalue weighted by Crippen LogP contribution is 2.26. The van der Waals surface area contributed by atoms with Crippen LogP contribution in [0.15, 0.2) is 18.2 Å². The summed E-state index contributed by atoms with van der Waals surface area (Å²) >= 11 is 0. The van der Waals surface area contributed by atoms with Gasteiger partial charge in [0.05, 0.1) is 12.3 Å². The van der Waals surface area contributed by atoms with Crippen molar-refractivity contribution in [1.29, 1.82) is 0 Å². The predicted octanol–water partition coefficient (Wildman–Crippen LogP) is 0.934. The van der Waals surface area contributed by atoms with Crippen LogP contribution in [0.3, 0.4) is 0 Å². The number of nitrogens with two attached hydrogens (primary N) is 1. The fourth-order valence-electron chi connectivity index (χ4n) is 1.17. The van der Waals surface area contributed by atoms with E-state index in [1.807, 2.05) is 6.92 Å². The molecule has 3 N–H and O–H groups in total. The van der Waals surface area contributed by atoms with Crippen LogP contribution in [-0.2, 0) is 10.1 Å². The Labute approximate surface area is 100 Å². The molecule has 0 aromatic heterocycles. The summed E-state index contributed by atoms with van der Waals surface area (Å²) < 4.78 is 39.8. The molecule has 0 aliphatic rings. The molecular formula is C10H15NO5S. The lowest BCUT2D eigenvalue weighted by molar-refractivity contribution is 0.330. The maximum Gasteiger partial charge on any atom is 0.268 e. The second-order valence-electron chi connectivity index (χ2n) is 3.27. The zero-order valence-corrected chi connectivity index (χ0v) is 10.2. The van der Waals surface area contributed by atoms with Crippen molar-refractivity contribution in [3.05, 3.63) is 18.2 Å². The van der Waals surface area contributed by atoms with E-state index in [1.54, 1.807) is 18.2 Å². The Bertz CT molecular complexity index is 472. The number of hydrogen-bond donors (Lipinski definition) is 2. The van der Waals surface area contributed by atoms with Crippen LogP contribution in [0.4, 0.5) is 5.69 Å². The summed E-state index contributed by atoms with van der Waals surface area (Å²) in [6, 6.07) is 4.85. The molecule has 0 bridgehead atoms. The van der Waals surface area contributed by atoms with Crippen LogP contribution in [0.1, 0.15) is 6.92 Å². The van der Waals surface area contributed by atoms with E-state index in [4.69, 9.17) is 19.8 Å². The van der Waals surface area contributed by atoms with Gasteiger partial charge in [0.1, 0.15) is 23.9 Å². The van der Waals surface area contributed by atoms with E-state index in [1.165, 1.54) is 0 Å². The fraction of sp³-hybridized carbons (Fsp3) is 0.400. The Morgan fingerprint density at radius 2 is 2.06 bits per heavy atom. The fourth-order valence-corrected chi connectivity index (χ4v) is 1.47. The maximum absolute atomic E-state index is 10.5. The third-order valence-corrected chi connectivity index (χ3v) is 2.57. The Hall–Kier alpha value is -1.47. The van der Waals surface area contributed by atoms with E-state index < -0.39 is 15.9 Å². The van der Waals surface area contributed by atoms with Crippen LogP contribution >= 0.6 is 0 Å². The molecular weight excluding hydrogens is 246 g/mol. The van der Waals surface area contributed by atoms with E-state index in [-0.39, 0.29) is 6.61 Å². The number of benzene rings is 1. The van der Waals surface area contributed by atoms with Gasteiger partial charge in [0.25, 0.3) is 10.1 Å². The van der Waals surface area contributed by atoms with Gasteiger partial charge in [0.15, 0.2) is 0 Å². The quantitative estimate of drug-likeness (QED) is 0.584. The number of hydrogen-bond acceptors (Lipinski definition) is 5. The number of ether oxygens (including phenoxy) is 2. The lowest BCUT2D eigenvalue weighted by atomic mass is 10.3. The van der Waals surface area contributed by atoms with Crippen LogP contribution in [0, 0.1) is 0 Å². The van der Waals surface area contributed by atoms with E-state index >= 15 is 0 Å². The Morgan fingerprint density at radius 3 is 2.59 bits per heavy atom. The summed E-state index contributed by atoms with van der Waals surface area (Å²) in [6.45, 7) is 2.23. The maximum atomic E-state index is 10.5. The number of anilines is 1. The Morgan fingerprint density at radius 1 is 1.35 bits per heavy atom. The molecule has 0 spiro atoms. The number of nitrogen functional groups attached to an aromatic ring is 1. The van der Waals surface area contributed by atoms with Gasteiger partial charge >= 0.3 is 0 Å².